The first-order chi connectivity index (χ1) is 6.81. The van der Waals surface area contributed by atoms with Crippen LogP contribution in [0.25, 0.3) is 0 Å². The summed E-state index contributed by atoms with van der Waals surface area (Å²) in [7, 11) is 1.71. The van der Waals surface area contributed by atoms with Crippen LogP contribution in [0.5, 0.6) is 0 Å². The lowest BCUT2D eigenvalue weighted by Gasteiger charge is -2.07. The van der Waals surface area contributed by atoms with Crippen molar-refractivity contribution in [2.45, 2.75) is 25.4 Å². The Morgan fingerprint density at radius 3 is 3.14 bits per heavy atom. The maximum absolute atomic E-state index is 10.8. The lowest BCUT2D eigenvalue weighted by molar-refractivity contribution is -0.117. The summed E-state index contributed by atoms with van der Waals surface area (Å²) in [6, 6.07) is 0. The Labute approximate surface area is 84.8 Å². The predicted octanol–water partition coefficient (Wildman–Crippen LogP) is 1.38. The van der Waals surface area contributed by atoms with Crippen molar-refractivity contribution in [1.82, 2.24) is 0 Å². The van der Waals surface area contributed by atoms with Gasteiger partial charge in [0.1, 0.15) is 0 Å². The van der Waals surface area contributed by atoms with Crippen LogP contribution in [-0.2, 0) is 14.3 Å². The van der Waals surface area contributed by atoms with Gasteiger partial charge < -0.3 is 9.47 Å². The molecular weight excluding hydrogens is 180 g/mol. The molecule has 0 aromatic heterocycles. The molecule has 2 rings (SSSR count). The summed E-state index contributed by atoms with van der Waals surface area (Å²) in [6.07, 6.45) is 7.59. The molecule has 1 heterocycles. The maximum Gasteiger partial charge on any atom is 0.348 e. The van der Waals surface area contributed by atoms with Gasteiger partial charge in [-0.1, -0.05) is 0 Å². The summed E-state index contributed by atoms with van der Waals surface area (Å²) in [6.45, 7) is 0.722. The zero-order valence-electron chi connectivity index (χ0n) is 8.44. The van der Waals surface area contributed by atoms with Crippen LogP contribution in [-0.4, -0.2) is 25.8 Å². The number of rotatable bonds is 5. The summed E-state index contributed by atoms with van der Waals surface area (Å²) in [5, 5.41) is 0. The fraction of sp³-hybridized carbons (Fsp3) is 0.727. The van der Waals surface area contributed by atoms with Crippen molar-refractivity contribution in [2.24, 2.45) is 11.8 Å². The Hall–Kier alpha value is -0.570. The molecule has 0 spiro atoms. The average Bonchev–Trinajstić information content (AvgIpc) is 2.74. The molecule has 1 saturated heterocycles. The van der Waals surface area contributed by atoms with E-state index in [4.69, 9.17) is 9.47 Å². The molecule has 1 saturated carbocycles. The molecule has 1 aliphatic heterocycles. The number of hydrogen-bond donors (Lipinski definition) is 0. The molecule has 2 aliphatic rings. The molecule has 3 atom stereocenters. The van der Waals surface area contributed by atoms with Crippen LogP contribution in [0.2, 0.25) is 0 Å². The summed E-state index contributed by atoms with van der Waals surface area (Å²) >= 11 is 0. The molecule has 2 radical (unpaired) electrons. The molecule has 3 unspecified atom stereocenters. The monoisotopic (exact) mass is 196 g/mol. The van der Waals surface area contributed by atoms with Gasteiger partial charge in [0.05, 0.1) is 0 Å². The van der Waals surface area contributed by atoms with Gasteiger partial charge >= 0.3 is 5.97 Å². The van der Waals surface area contributed by atoms with E-state index in [-0.39, 0.29) is 12.1 Å². The Morgan fingerprint density at radius 2 is 2.50 bits per heavy atom. The van der Waals surface area contributed by atoms with E-state index in [9.17, 15) is 4.79 Å². The Balaban J connectivity index is 1.64. The van der Waals surface area contributed by atoms with Gasteiger partial charge in [-0.15, -0.1) is 0 Å². The van der Waals surface area contributed by atoms with Gasteiger partial charge in [0, 0.05) is 19.6 Å². The minimum absolute atomic E-state index is 0.0206. The quantitative estimate of drug-likeness (QED) is 0.492. The maximum atomic E-state index is 10.8. The van der Waals surface area contributed by atoms with E-state index in [0.29, 0.717) is 11.8 Å². The first kappa shape index (κ1) is 9.97. The van der Waals surface area contributed by atoms with Gasteiger partial charge in [0.25, 0.3) is 0 Å². The second kappa shape index (κ2) is 4.30. The van der Waals surface area contributed by atoms with Crippen molar-refractivity contribution < 1.29 is 14.3 Å². The minimum atomic E-state index is -0.0950. The van der Waals surface area contributed by atoms with Gasteiger partial charge in [-0.3, -0.25) is 0 Å². The van der Waals surface area contributed by atoms with Crippen molar-refractivity contribution in [3.8, 4) is 0 Å². The van der Waals surface area contributed by atoms with Gasteiger partial charge in [0.2, 0.25) is 6.10 Å². The van der Waals surface area contributed by atoms with Gasteiger partial charge in [-0.25, -0.2) is 4.79 Å². The second-order valence-electron chi connectivity index (χ2n) is 4.07. The van der Waals surface area contributed by atoms with Crippen molar-refractivity contribution in [3.63, 3.8) is 0 Å². The van der Waals surface area contributed by atoms with Gasteiger partial charge in [-0.05, 0) is 38.0 Å². The number of cyclic esters (lactones) is 1. The highest BCUT2D eigenvalue weighted by Gasteiger charge is 2.47. The molecule has 3 heteroatoms. The summed E-state index contributed by atoms with van der Waals surface area (Å²) in [5.41, 5.74) is 0. The largest absolute Gasteiger partial charge is 0.447 e. The molecule has 0 amide bonds. The second-order valence-corrected chi connectivity index (χ2v) is 4.07. The number of ether oxygens (including phenoxy) is 2. The third-order valence-electron chi connectivity index (χ3n) is 2.97. The summed E-state index contributed by atoms with van der Waals surface area (Å²) < 4.78 is 9.83. The van der Waals surface area contributed by atoms with E-state index in [1.807, 2.05) is 0 Å². The zero-order valence-corrected chi connectivity index (χ0v) is 8.44. The Kier molecular flexibility index (Phi) is 3.06. The van der Waals surface area contributed by atoms with E-state index >= 15 is 0 Å². The normalized spacial score (nSPS) is 35.8. The smallest absolute Gasteiger partial charge is 0.348 e. The van der Waals surface area contributed by atoms with E-state index < -0.39 is 0 Å². The number of carbonyl (C=O) groups excluding carboxylic acids is 1. The summed E-state index contributed by atoms with van der Waals surface area (Å²) in [4.78, 5) is 10.8. The molecule has 0 bridgehead atoms. The first-order valence-corrected chi connectivity index (χ1v) is 5.15. The average molecular weight is 196 g/mol. The fourth-order valence-electron chi connectivity index (χ4n) is 2.16. The molecule has 2 fully saturated rings. The van der Waals surface area contributed by atoms with Crippen LogP contribution in [0.4, 0.5) is 0 Å². The van der Waals surface area contributed by atoms with E-state index in [0.717, 1.165) is 25.9 Å². The third-order valence-corrected chi connectivity index (χ3v) is 2.97. The molecule has 14 heavy (non-hydrogen) atoms. The van der Waals surface area contributed by atoms with Crippen LogP contribution in [0.1, 0.15) is 19.3 Å². The van der Waals surface area contributed by atoms with Crippen LogP contribution < -0.4 is 0 Å². The molecule has 3 nitrogen and oxygen atoms in total. The van der Waals surface area contributed by atoms with E-state index in [2.05, 4.69) is 12.8 Å². The van der Waals surface area contributed by atoms with E-state index in [1.54, 1.807) is 7.11 Å². The zero-order chi connectivity index (χ0) is 9.97. The predicted molar refractivity (Wildman–Crippen MR) is 51.2 cm³/mol. The lowest BCUT2D eigenvalue weighted by Crippen LogP contribution is -2.06. The van der Waals surface area contributed by atoms with Crippen molar-refractivity contribution in [3.05, 3.63) is 12.8 Å². The number of carbonyl (C=O) groups is 1. The number of methoxy groups -OCH3 is 1. The topological polar surface area (TPSA) is 38.8 Å². The Morgan fingerprint density at radius 1 is 1.71 bits per heavy atom. The number of epoxide rings is 1. The third kappa shape index (κ3) is 2.27. The molecule has 1 aliphatic carbocycles. The van der Waals surface area contributed by atoms with Crippen molar-refractivity contribution >= 4 is 5.97 Å². The lowest BCUT2D eigenvalue weighted by atomic mass is 9.98. The minimum Gasteiger partial charge on any atom is -0.447 e. The Bertz CT molecular complexity index is 215. The molecule has 0 aromatic carbocycles. The summed E-state index contributed by atoms with van der Waals surface area (Å²) in [5.74, 6) is 1.04. The fourth-order valence-corrected chi connectivity index (χ4v) is 2.16. The molecular formula is C11H16O3. The molecule has 0 N–H and O–H groups in total. The van der Waals surface area contributed by atoms with E-state index in [1.165, 1.54) is 0 Å². The van der Waals surface area contributed by atoms with Gasteiger partial charge in [-0.2, -0.15) is 0 Å². The van der Waals surface area contributed by atoms with Crippen LogP contribution in [0, 0.1) is 24.7 Å². The van der Waals surface area contributed by atoms with Crippen LogP contribution in [0.3, 0.4) is 0 Å². The molecule has 78 valence electrons. The number of hydrogen-bond acceptors (Lipinski definition) is 3. The SMILES string of the molecule is COC[CH]CC1C[CH]C(C2OC2=O)C1. The van der Waals surface area contributed by atoms with Crippen LogP contribution >= 0.6 is 0 Å². The molecule has 0 aromatic rings. The van der Waals surface area contributed by atoms with Crippen LogP contribution in [0.15, 0.2) is 0 Å². The standard InChI is InChI=1S/C11H16O3/c1-13-6-2-3-8-4-5-9(7-8)10-11(12)14-10/h2,5,8-10H,3-4,6-7H2,1H3. The highest BCUT2D eigenvalue weighted by molar-refractivity contribution is 5.87. The first-order valence-electron chi connectivity index (χ1n) is 5.15. The highest BCUT2D eigenvalue weighted by atomic mass is 16.6. The van der Waals surface area contributed by atoms with Crippen molar-refractivity contribution in [2.75, 3.05) is 13.7 Å². The highest BCUT2D eigenvalue weighted by Crippen LogP contribution is 2.39. The van der Waals surface area contributed by atoms with Gasteiger partial charge in [0.15, 0.2) is 0 Å². The van der Waals surface area contributed by atoms with Crippen molar-refractivity contribution in [1.29, 1.82) is 0 Å².